The zero-order valence-electron chi connectivity index (χ0n) is 23.2. The van der Waals surface area contributed by atoms with Crippen LogP contribution in [0, 0.1) is 0 Å². The van der Waals surface area contributed by atoms with Crippen molar-refractivity contribution in [1.82, 2.24) is 17.2 Å². The lowest BCUT2D eigenvalue weighted by Crippen LogP contribution is -2.20. The van der Waals surface area contributed by atoms with E-state index in [-0.39, 0.29) is 36.7 Å². The Balaban J connectivity index is 1.01. The van der Waals surface area contributed by atoms with Gasteiger partial charge >= 0.3 is 12.0 Å². The maximum absolute atomic E-state index is 13.4. The van der Waals surface area contributed by atoms with Crippen LogP contribution in [0.3, 0.4) is 0 Å². The summed E-state index contributed by atoms with van der Waals surface area (Å²) in [6, 6.07) is 31.6. The fraction of sp³-hybridized carbons (Fsp3) is 0.0588. The molecule has 9 nitrogen and oxygen atoms in total. The Morgan fingerprint density at radius 1 is 0.533 bits per heavy atom. The van der Waals surface area contributed by atoms with Gasteiger partial charge in [-0.1, -0.05) is 60.7 Å². The number of hydrogen-bond donors (Lipinski definition) is 0. The zero-order valence-corrected chi connectivity index (χ0v) is 26.4. The third kappa shape index (κ3) is 4.71. The monoisotopic (exact) mass is 722 g/mol. The van der Waals surface area contributed by atoms with Crippen molar-refractivity contribution in [2.45, 2.75) is 0 Å². The highest BCUT2D eigenvalue weighted by molar-refractivity contribution is 9.08. The van der Waals surface area contributed by atoms with Crippen LogP contribution in [0.1, 0.15) is 0 Å². The molecule has 2 aromatic heterocycles. The first-order valence-electron chi connectivity index (χ1n) is 13.9. The first-order valence-corrected chi connectivity index (χ1v) is 15.3. The third-order valence-corrected chi connectivity index (χ3v) is 9.07. The van der Waals surface area contributed by atoms with Gasteiger partial charge in [0.15, 0.2) is 13.6 Å². The number of halogens is 2. The van der Waals surface area contributed by atoms with Crippen LogP contribution in [-0.4, -0.2) is 30.7 Å². The molecule has 0 unspecified atom stereocenters. The molecule has 0 aliphatic rings. The molecule has 0 N–H and O–H groups in total. The molecule has 8 aromatic rings. The van der Waals surface area contributed by atoms with E-state index in [1.807, 2.05) is 72.8 Å². The van der Waals surface area contributed by atoms with Crippen molar-refractivity contribution in [1.29, 1.82) is 0 Å². The summed E-state index contributed by atoms with van der Waals surface area (Å²) in [5.41, 5.74) is 0.371. The summed E-state index contributed by atoms with van der Waals surface area (Å²) in [4.78, 5) is 35.8. The molecule has 0 amide bonds. The molecule has 0 bridgehead atoms. The van der Waals surface area contributed by atoms with Crippen LogP contribution < -0.4 is 20.6 Å². The standard InChI is InChI=1S/C34H20Br2N4O5/c35-39-31(41)29-25-15-21-7-3-1-5-19(21)13-23(25)9-11-27(29)37-33(39)44-17-43-18-45-34-38-28-12-10-24-14-20-6-2-4-8-22(20)16-26(24)30(28)32(42)40(34)36/h1-16H,17-18H2. The highest BCUT2D eigenvalue weighted by atomic mass is 79.9. The molecule has 0 aliphatic heterocycles. The average Bonchev–Trinajstić information content (AvgIpc) is 3.06. The van der Waals surface area contributed by atoms with Crippen LogP contribution in [0.25, 0.3) is 64.9 Å². The second kappa shape index (κ2) is 11.0. The van der Waals surface area contributed by atoms with Crippen LogP contribution in [0.4, 0.5) is 0 Å². The Kier molecular flexibility index (Phi) is 6.74. The highest BCUT2D eigenvalue weighted by Gasteiger charge is 2.16. The molecule has 11 heteroatoms. The van der Waals surface area contributed by atoms with Crippen LogP contribution in [0.5, 0.6) is 12.0 Å². The predicted molar refractivity (Wildman–Crippen MR) is 183 cm³/mol. The van der Waals surface area contributed by atoms with Gasteiger partial charge < -0.3 is 14.2 Å². The quantitative estimate of drug-likeness (QED) is 0.0762. The lowest BCUT2D eigenvalue weighted by Gasteiger charge is -2.13. The number of fused-ring (bicyclic) bond motifs is 8. The van der Waals surface area contributed by atoms with E-state index < -0.39 is 0 Å². The fourth-order valence-electron chi connectivity index (χ4n) is 5.71. The Hall–Kier alpha value is -4.84. The van der Waals surface area contributed by atoms with Gasteiger partial charge in [-0.05, 0) is 79.5 Å². The number of nitrogens with zero attached hydrogens (tertiary/aromatic N) is 4. The van der Waals surface area contributed by atoms with E-state index in [2.05, 4.69) is 54.4 Å². The topological polar surface area (TPSA) is 97.5 Å². The number of aromatic nitrogens is 4. The minimum Gasteiger partial charge on any atom is -0.437 e. The van der Waals surface area contributed by atoms with Crippen molar-refractivity contribution in [2.24, 2.45) is 0 Å². The van der Waals surface area contributed by atoms with Gasteiger partial charge in [-0.2, -0.15) is 17.2 Å². The number of benzene rings is 6. The van der Waals surface area contributed by atoms with Gasteiger partial charge in [0.25, 0.3) is 11.1 Å². The minimum absolute atomic E-state index is 0.0215. The van der Waals surface area contributed by atoms with E-state index in [4.69, 9.17) is 14.2 Å². The molecule has 220 valence electrons. The smallest absolute Gasteiger partial charge is 0.312 e. The average molecular weight is 724 g/mol. The molecule has 0 atom stereocenters. The van der Waals surface area contributed by atoms with Crippen molar-refractivity contribution in [3.63, 3.8) is 0 Å². The second-order valence-electron chi connectivity index (χ2n) is 10.4. The van der Waals surface area contributed by atoms with Crippen molar-refractivity contribution >= 4 is 97.2 Å². The molecule has 0 radical (unpaired) electrons. The SMILES string of the molecule is O=c1c2c(ccc3cc4ccccc4cc32)nc(OCOCOc2nc3ccc4cc5ccccc5cc4c3c(=O)n2Br)n1Br. The first kappa shape index (κ1) is 27.7. The minimum atomic E-state index is -0.309. The van der Waals surface area contributed by atoms with E-state index in [0.29, 0.717) is 21.8 Å². The van der Waals surface area contributed by atoms with E-state index >= 15 is 0 Å². The van der Waals surface area contributed by atoms with Gasteiger partial charge in [0.1, 0.15) is 0 Å². The summed E-state index contributed by atoms with van der Waals surface area (Å²) in [6.07, 6.45) is 0. The highest BCUT2D eigenvalue weighted by Crippen LogP contribution is 2.30. The normalized spacial score (nSPS) is 11.8. The van der Waals surface area contributed by atoms with Gasteiger partial charge in [0, 0.05) is 0 Å². The van der Waals surface area contributed by atoms with Gasteiger partial charge in [-0.3, -0.25) is 9.59 Å². The maximum Gasteiger partial charge on any atom is 0.312 e. The summed E-state index contributed by atoms with van der Waals surface area (Å²) in [7, 11) is 0. The molecule has 0 fully saturated rings. The fourth-order valence-corrected chi connectivity index (χ4v) is 6.42. The second-order valence-corrected chi connectivity index (χ2v) is 11.9. The Morgan fingerprint density at radius 3 is 1.36 bits per heavy atom. The van der Waals surface area contributed by atoms with E-state index in [0.717, 1.165) is 43.1 Å². The van der Waals surface area contributed by atoms with Crippen molar-refractivity contribution in [3.05, 3.63) is 118 Å². The van der Waals surface area contributed by atoms with Crippen molar-refractivity contribution < 1.29 is 14.2 Å². The largest absolute Gasteiger partial charge is 0.437 e. The van der Waals surface area contributed by atoms with E-state index in [9.17, 15) is 9.59 Å². The maximum atomic E-state index is 13.4. The van der Waals surface area contributed by atoms with Gasteiger partial charge in [0.05, 0.1) is 54.1 Å². The molecule has 0 aliphatic carbocycles. The van der Waals surface area contributed by atoms with E-state index in [1.165, 1.54) is 7.19 Å². The lowest BCUT2D eigenvalue weighted by molar-refractivity contribution is -0.0601. The summed E-state index contributed by atoms with van der Waals surface area (Å²) < 4.78 is 19.1. The third-order valence-electron chi connectivity index (χ3n) is 7.82. The van der Waals surface area contributed by atoms with Gasteiger partial charge in [0.2, 0.25) is 0 Å². The molecule has 6 aromatic carbocycles. The first-order chi connectivity index (χ1) is 22.0. The Morgan fingerprint density at radius 2 is 0.933 bits per heavy atom. The number of hydrogen-bond acceptors (Lipinski definition) is 7. The van der Waals surface area contributed by atoms with Gasteiger partial charge in [-0.15, -0.1) is 0 Å². The summed E-state index contributed by atoms with van der Waals surface area (Å²) in [5, 5.41) is 8.69. The van der Waals surface area contributed by atoms with Crippen molar-refractivity contribution in [3.8, 4) is 12.0 Å². The predicted octanol–water partition coefficient (Wildman–Crippen LogP) is 7.42. The number of ether oxygens (including phenoxy) is 3. The van der Waals surface area contributed by atoms with Crippen molar-refractivity contribution in [2.75, 3.05) is 13.6 Å². The summed E-state index contributed by atoms with van der Waals surface area (Å²) in [5.74, 6) is 0. The Bertz CT molecular complexity index is 2440. The molecule has 8 rings (SSSR count). The van der Waals surface area contributed by atoms with Crippen LogP contribution in [0.15, 0.2) is 107 Å². The number of rotatable bonds is 6. The molecule has 0 saturated carbocycles. The van der Waals surface area contributed by atoms with E-state index in [1.54, 1.807) is 12.1 Å². The summed E-state index contributed by atoms with van der Waals surface area (Å²) in [6.45, 7) is -0.556. The molecule has 45 heavy (non-hydrogen) atoms. The lowest BCUT2D eigenvalue weighted by atomic mass is 10.0. The van der Waals surface area contributed by atoms with Crippen LogP contribution in [-0.2, 0) is 4.74 Å². The molecule has 0 spiro atoms. The Labute approximate surface area is 270 Å². The molecular formula is C34H20Br2N4O5. The van der Waals surface area contributed by atoms with Crippen LogP contribution >= 0.6 is 32.3 Å². The molecular weight excluding hydrogens is 704 g/mol. The summed E-state index contributed by atoms with van der Waals surface area (Å²) >= 11 is 6.58. The van der Waals surface area contributed by atoms with Gasteiger partial charge in [-0.25, -0.2) is 0 Å². The molecule has 0 saturated heterocycles. The molecule has 2 heterocycles. The zero-order chi connectivity index (χ0) is 30.7. The van der Waals surface area contributed by atoms with Crippen LogP contribution in [0.2, 0.25) is 0 Å².